The van der Waals surface area contributed by atoms with Crippen LogP contribution in [0.1, 0.15) is 59.8 Å². The highest BCUT2D eigenvalue weighted by atomic mass is 14.3. The van der Waals surface area contributed by atoms with Crippen molar-refractivity contribution in [2.24, 2.45) is 17.3 Å². The molecule has 0 heterocycles. The van der Waals surface area contributed by atoms with E-state index in [2.05, 4.69) is 27.7 Å². The van der Waals surface area contributed by atoms with Gasteiger partial charge < -0.3 is 0 Å². The van der Waals surface area contributed by atoms with E-state index in [-0.39, 0.29) is 0 Å². The number of rotatable bonds is 0. The quantitative estimate of drug-likeness (QED) is 0.507. The van der Waals surface area contributed by atoms with Gasteiger partial charge >= 0.3 is 0 Å². The molecule has 1 fully saturated rings. The van der Waals surface area contributed by atoms with Crippen molar-refractivity contribution in [1.82, 2.24) is 0 Å². The first-order valence-electron chi connectivity index (χ1n) is 5.49. The average molecular weight is 168 g/mol. The Morgan fingerprint density at radius 3 is 1.75 bits per heavy atom. The van der Waals surface area contributed by atoms with Crippen LogP contribution >= 0.6 is 0 Å². The average Bonchev–Trinajstić information content (AvgIpc) is 1.96. The summed E-state index contributed by atoms with van der Waals surface area (Å²) in [7, 11) is 0. The molecule has 1 rings (SSSR count). The van der Waals surface area contributed by atoms with Crippen molar-refractivity contribution in [3.63, 3.8) is 0 Å². The monoisotopic (exact) mass is 168 g/mol. The van der Waals surface area contributed by atoms with E-state index in [1.54, 1.807) is 0 Å². The summed E-state index contributed by atoms with van der Waals surface area (Å²) in [6, 6.07) is 0. The van der Waals surface area contributed by atoms with Crippen LogP contribution in [0.2, 0.25) is 0 Å². The predicted molar refractivity (Wildman–Crippen MR) is 55.2 cm³/mol. The molecule has 0 aliphatic heterocycles. The predicted octanol–water partition coefficient (Wildman–Crippen LogP) is 4.25. The zero-order valence-corrected chi connectivity index (χ0v) is 9.19. The minimum absolute atomic E-state index is 0.614. The van der Waals surface area contributed by atoms with E-state index in [0.29, 0.717) is 5.41 Å². The molecule has 2 atom stereocenters. The Hall–Kier alpha value is 0. The molecule has 1 aliphatic carbocycles. The van der Waals surface area contributed by atoms with Crippen molar-refractivity contribution in [2.75, 3.05) is 0 Å². The van der Waals surface area contributed by atoms with Gasteiger partial charge in [-0.25, -0.2) is 0 Å². The SMILES string of the molecule is CC1CCC(C)(C)CCC(C)C1. The molecule has 0 aromatic carbocycles. The summed E-state index contributed by atoms with van der Waals surface area (Å²) in [5, 5.41) is 0. The zero-order chi connectivity index (χ0) is 9.19. The topological polar surface area (TPSA) is 0 Å². The summed E-state index contributed by atoms with van der Waals surface area (Å²) in [6.07, 6.45) is 7.20. The van der Waals surface area contributed by atoms with Gasteiger partial charge in [-0.1, -0.05) is 40.5 Å². The molecule has 0 spiro atoms. The van der Waals surface area contributed by atoms with Gasteiger partial charge in [-0.15, -0.1) is 0 Å². The van der Waals surface area contributed by atoms with E-state index < -0.39 is 0 Å². The summed E-state index contributed by atoms with van der Waals surface area (Å²) >= 11 is 0. The Kier molecular flexibility index (Phi) is 3.20. The van der Waals surface area contributed by atoms with Crippen LogP contribution in [0.3, 0.4) is 0 Å². The molecule has 1 aliphatic rings. The Balaban J connectivity index is 2.48. The lowest BCUT2D eigenvalue weighted by Crippen LogP contribution is -2.18. The summed E-state index contributed by atoms with van der Waals surface area (Å²) in [5.74, 6) is 1.92. The van der Waals surface area contributed by atoms with Crippen molar-refractivity contribution in [2.45, 2.75) is 59.8 Å². The van der Waals surface area contributed by atoms with Gasteiger partial charge in [0.1, 0.15) is 0 Å². The van der Waals surface area contributed by atoms with Crippen LogP contribution in [0.15, 0.2) is 0 Å². The summed E-state index contributed by atoms with van der Waals surface area (Å²) in [6.45, 7) is 9.69. The maximum absolute atomic E-state index is 2.43. The van der Waals surface area contributed by atoms with Crippen LogP contribution in [0.25, 0.3) is 0 Å². The van der Waals surface area contributed by atoms with Gasteiger partial charge in [0.2, 0.25) is 0 Å². The first kappa shape index (κ1) is 10.1. The fraction of sp³-hybridized carbons (Fsp3) is 1.00. The molecule has 0 saturated heterocycles. The smallest absolute Gasteiger partial charge is 0.0354 e. The first-order chi connectivity index (χ1) is 5.49. The van der Waals surface area contributed by atoms with Gasteiger partial charge in [-0.3, -0.25) is 0 Å². The summed E-state index contributed by atoms with van der Waals surface area (Å²) in [5.41, 5.74) is 0.614. The summed E-state index contributed by atoms with van der Waals surface area (Å²) in [4.78, 5) is 0. The molecular formula is C12H24. The molecule has 0 bridgehead atoms. The van der Waals surface area contributed by atoms with Gasteiger partial charge in [-0.2, -0.15) is 0 Å². The highest BCUT2D eigenvalue weighted by Crippen LogP contribution is 2.36. The van der Waals surface area contributed by atoms with Crippen LogP contribution in [0, 0.1) is 17.3 Å². The van der Waals surface area contributed by atoms with Crippen LogP contribution < -0.4 is 0 Å². The maximum Gasteiger partial charge on any atom is -0.0354 e. The van der Waals surface area contributed by atoms with Crippen molar-refractivity contribution in [3.05, 3.63) is 0 Å². The molecule has 0 aromatic heterocycles. The molecule has 0 amide bonds. The zero-order valence-electron chi connectivity index (χ0n) is 9.19. The molecule has 1 saturated carbocycles. The lowest BCUT2D eigenvalue weighted by molar-refractivity contribution is 0.207. The minimum Gasteiger partial charge on any atom is -0.0625 e. The highest BCUT2D eigenvalue weighted by Gasteiger charge is 2.23. The summed E-state index contributed by atoms with van der Waals surface area (Å²) < 4.78 is 0. The molecule has 12 heavy (non-hydrogen) atoms. The van der Waals surface area contributed by atoms with Crippen molar-refractivity contribution < 1.29 is 0 Å². The van der Waals surface area contributed by atoms with Gasteiger partial charge in [0.05, 0.1) is 0 Å². The molecule has 0 nitrogen and oxygen atoms in total. The molecular weight excluding hydrogens is 144 g/mol. The normalized spacial score (nSPS) is 37.0. The third-order valence-electron chi connectivity index (χ3n) is 3.43. The van der Waals surface area contributed by atoms with Crippen molar-refractivity contribution in [1.29, 1.82) is 0 Å². The van der Waals surface area contributed by atoms with E-state index in [9.17, 15) is 0 Å². The van der Waals surface area contributed by atoms with Gasteiger partial charge in [0.15, 0.2) is 0 Å². The molecule has 0 heteroatoms. The maximum atomic E-state index is 2.43. The third-order valence-corrected chi connectivity index (χ3v) is 3.43. The van der Waals surface area contributed by atoms with E-state index >= 15 is 0 Å². The lowest BCUT2D eigenvalue weighted by atomic mass is 9.74. The largest absolute Gasteiger partial charge is 0.0625 e. The molecule has 0 aromatic rings. The van der Waals surface area contributed by atoms with E-state index in [0.717, 1.165) is 11.8 Å². The van der Waals surface area contributed by atoms with Crippen LogP contribution in [0.5, 0.6) is 0 Å². The lowest BCUT2D eigenvalue weighted by Gasteiger charge is -2.31. The second kappa shape index (κ2) is 3.81. The van der Waals surface area contributed by atoms with Gasteiger partial charge in [0.25, 0.3) is 0 Å². The standard InChI is InChI=1S/C12H24/c1-10-5-7-12(3,4)8-6-11(2)9-10/h10-11H,5-9H2,1-4H3. The minimum atomic E-state index is 0.614. The van der Waals surface area contributed by atoms with Gasteiger partial charge in [0, 0.05) is 0 Å². The Morgan fingerprint density at radius 2 is 1.33 bits per heavy atom. The van der Waals surface area contributed by atoms with E-state index in [1.165, 1.54) is 32.1 Å². The molecule has 2 unspecified atom stereocenters. The van der Waals surface area contributed by atoms with Crippen molar-refractivity contribution in [3.8, 4) is 0 Å². The third kappa shape index (κ3) is 3.16. The molecule has 0 radical (unpaired) electrons. The van der Waals surface area contributed by atoms with Crippen LogP contribution in [0.4, 0.5) is 0 Å². The number of hydrogen-bond donors (Lipinski definition) is 0. The second-order valence-electron chi connectivity index (χ2n) is 5.69. The van der Waals surface area contributed by atoms with Crippen molar-refractivity contribution >= 4 is 0 Å². The van der Waals surface area contributed by atoms with E-state index in [4.69, 9.17) is 0 Å². The van der Waals surface area contributed by atoms with E-state index in [1.807, 2.05) is 0 Å². The fourth-order valence-electron chi connectivity index (χ4n) is 2.32. The molecule has 0 N–H and O–H groups in total. The Labute approximate surface area is 77.7 Å². The Bertz CT molecular complexity index is 121. The van der Waals surface area contributed by atoms with Crippen LogP contribution in [-0.2, 0) is 0 Å². The second-order valence-corrected chi connectivity index (χ2v) is 5.69. The van der Waals surface area contributed by atoms with Gasteiger partial charge in [-0.05, 0) is 36.5 Å². The fourth-order valence-corrected chi connectivity index (χ4v) is 2.32. The Morgan fingerprint density at radius 1 is 0.917 bits per heavy atom. The highest BCUT2D eigenvalue weighted by molar-refractivity contribution is 4.75. The molecule has 72 valence electrons. The number of hydrogen-bond acceptors (Lipinski definition) is 0. The van der Waals surface area contributed by atoms with Crippen LogP contribution in [-0.4, -0.2) is 0 Å². The first-order valence-corrected chi connectivity index (χ1v) is 5.49.